The van der Waals surface area contributed by atoms with Crippen molar-refractivity contribution in [3.05, 3.63) is 17.5 Å². The normalized spacial score (nSPS) is 12.2. The van der Waals surface area contributed by atoms with Crippen LogP contribution >= 0.6 is 0 Å². The van der Waals surface area contributed by atoms with Crippen molar-refractivity contribution < 1.29 is 8.42 Å². The number of rotatable bonds is 11. The van der Waals surface area contributed by atoms with Crippen molar-refractivity contribution >= 4 is 10.2 Å². The number of aromatic nitrogens is 2. The van der Waals surface area contributed by atoms with Crippen molar-refractivity contribution in [3.8, 4) is 0 Å². The van der Waals surface area contributed by atoms with Gasteiger partial charge in [0, 0.05) is 25.8 Å². The van der Waals surface area contributed by atoms with E-state index in [2.05, 4.69) is 20.2 Å². The number of hydrogen-bond donors (Lipinski definition) is 3. The van der Waals surface area contributed by atoms with Crippen LogP contribution in [0.15, 0.2) is 6.20 Å². The Balaban J connectivity index is 2.24. The van der Waals surface area contributed by atoms with Crippen molar-refractivity contribution in [1.82, 2.24) is 24.5 Å². The average Bonchev–Trinajstić information content (AvgIpc) is 2.85. The Morgan fingerprint density at radius 2 is 2.10 bits per heavy atom. The summed E-state index contributed by atoms with van der Waals surface area (Å²) in [7, 11) is -1.76. The van der Waals surface area contributed by atoms with Gasteiger partial charge in [0.05, 0.1) is 6.20 Å². The highest BCUT2D eigenvalue weighted by atomic mass is 32.2. The van der Waals surface area contributed by atoms with Crippen LogP contribution in [0, 0.1) is 6.92 Å². The van der Waals surface area contributed by atoms with Gasteiger partial charge < -0.3 is 5.32 Å². The molecule has 21 heavy (non-hydrogen) atoms. The molecule has 1 rings (SSSR count). The Bertz CT molecular complexity index is 500. The quantitative estimate of drug-likeness (QED) is 0.516. The van der Waals surface area contributed by atoms with E-state index in [1.54, 1.807) is 13.2 Å². The van der Waals surface area contributed by atoms with Gasteiger partial charge in [0.15, 0.2) is 0 Å². The molecule has 1 aromatic rings. The molecule has 0 aliphatic rings. The molecule has 0 saturated heterocycles. The molecule has 0 aliphatic carbocycles. The molecular weight excluding hydrogens is 290 g/mol. The van der Waals surface area contributed by atoms with E-state index in [-0.39, 0.29) is 0 Å². The molecule has 8 heteroatoms. The Labute approximate surface area is 127 Å². The highest BCUT2D eigenvalue weighted by Gasteiger charge is 2.15. The molecule has 0 bridgehead atoms. The molecule has 0 aliphatic heterocycles. The van der Waals surface area contributed by atoms with Gasteiger partial charge in [-0.15, -0.1) is 0 Å². The molecule has 1 aromatic heterocycles. The van der Waals surface area contributed by atoms with E-state index in [0.717, 1.165) is 43.6 Å². The summed E-state index contributed by atoms with van der Waals surface area (Å²) in [5.74, 6) is 0. The van der Waals surface area contributed by atoms with Crippen LogP contribution in [0.5, 0.6) is 0 Å². The third-order valence-electron chi connectivity index (χ3n) is 3.33. The maximum absolute atomic E-state index is 12.0. The number of aryl methyl sites for hydroxylation is 2. The van der Waals surface area contributed by atoms with Crippen molar-refractivity contribution in [3.63, 3.8) is 0 Å². The molecule has 0 radical (unpaired) electrons. The zero-order valence-corrected chi connectivity index (χ0v) is 14.0. The second-order valence-electron chi connectivity index (χ2n) is 5.05. The first kappa shape index (κ1) is 18.1. The minimum atomic E-state index is -3.37. The predicted octanol–water partition coefficient (Wildman–Crippen LogP) is 0.417. The Morgan fingerprint density at radius 1 is 1.33 bits per heavy atom. The largest absolute Gasteiger partial charge is 0.317 e. The van der Waals surface area contributed by atoms with Gasteiger partial charge in [0.1, 0.15) is 0 Å². The summed E-state index contributed by atoms with van der Waals surface area (Å²) >= 11 is 0. The van der Waals surface area contributed by atoms with Crippen LogP contribution in [0.25, 0.3) is 0 Å². The molecule has 1 heterocycles. The molecule has 0 saturated carbocycles. The average molecular weight is 317 g/mol. The van der Waals surface area contributed by atoms with Crippen LogP contribution < -0.4 is 10.0 Å². The SMILES string of the molecule is CCNCCCN(C)S(=O)(=O)NCCCc1cn[nH]c1C. The molecule has 0 atom stereocenters. The van der Waals surface area contributed by atoms with Crippen LogP contribution in [0.3, 0.4) is 0 Å². The molecular formula is C13H27N5O2S. The van der Waals surface area contributed by atoms with Crippen LogP contribution in [0.2, 0.25) is 0 Å². The van der Waals surface area contributed by atoms with Crippen molar-refractivity contribution in [2.45, 2.75) is 33.1 Å². The first-order valence-corrected chi connectivity index (χ1v) is 8.82. The zero-order chi connectivity index (χ0) is 15.7. The van der Waals surface area contributed by atoms with E-state index in [9.17, 15) is 8.42 Å². The fourth-order valence-electron chi connectivity index (χ4n) is 1.94. The fraction of sp³-hybridized carbons (Fsp3) is 0.769. The van der Waals surface area contributed by atoms with Gasteiger partial charge in [0.2, 0.25) is 0 Å². The third-order valence-corrected chi connectivity index (χ3v) is 4.90. The van der Waals surface area contributed by atoms with Gasteiger partial charge in [-0.3, -0.25) is 5.10 Å². The van der Waals surface area contributed by atoms with Gasteiger partial charge in [-0.2, -0.15) is 17.8 Å². The maximum Gasteiger partial charge on any atom is 0.279 e. The molecule has 0 aromatic carbocycles. The smallest absolute Gasteiger partial charge is 0.279 e. The van der Waals surface area contributed by atoms with E-state index >= 15 is 0 Å². The van der Waals surface area contributed by atoms with E-state index in [4.69, 9.17) is 0 Å². The van der Waals surface area contributed by atoms with Gasteiger partial charge in [-0.05, 0) is 44.8 Å². The van der Waals surface area contributed by atoms with Crippen LogP contribution in [-0.4, -0.2) is 56.1 Å². The van der Waals surface area contributed by atoms with Gasteiger partial charge in [-0.25, -0.2) is 4.72 Å². The molecule has 3 N–H and O–H groups in total. The second-order valence-corrected chi connectivity index (χ2v) is 6.91. The van der Waals surface area contributed by atoms with E-state index < -0.39 is 10.2 Å². The lowest BCUT2D eigenvalue weighted by Crippen LogP contribution is -2.39. The number of nitrogens with one attached hydrogen (secondary N) is 3. The molecule has 7 nitrogen and oxygen atoms in total. The summed E-state index contributed by atoms with van der Waals surface area (Å²) in [6, 6.07) is 0. The van der Waals surface area contributed by atoms with Crippen LogP contribution in [0.1, 0.15) is 31.0 Å². The van der Waals surface area contributed by atoms with Gasteiger partial charge in [-0.1, -0.05) is 6.92 Å². The molecule has 122 valence electrons. The van der Waals surface area contributed by atoms with E-state index in [0.29, 0.717) is 13.1 Å². The summed E-state index contributed by atoms with van der Waals surface area (Å²) < 4.78 is 28.0. The van der Waals surface area contributed by atoms with Crippen molar-refractivity contribution in [2.75, 3.05) is 33.2 Å². The Kier molecular flexibility index (Phi) is 7.87. The predicted molar refractivity (Wildman–Crippen MR) is 84.4 cm³/mol. The first-order valence-electron chi connectivity index (χ1n) is 7.38. The highest BCUT2D eigenvalue weighted by Crippen LogP contribution is 2.05. The zero-order valence-electron chi connectivity index (χ0n) is 13.1. The minimum absolute atomic E-state index is 0.435. The van der Waals surface area contributed by atoms with Gasteiger partial charge in [0.25, 0.3) is 10.2 Å². The third kappa shape index (κ3) is 6.56. The molecule has 0 unspecified atom stereocenters. The summed E-state index contributed by atoms with van der Waals surface area (Å²) in [5.41, 5.74) is 2.17. The lowest BCUT2D eigenvalue weighted by molar-refractivity contribution is 0.445. The maximum atomic E-state index is 12.0. The van der Waals surface area contributed by atoms with Crippen LogP contribution in [0.4, 0.5) is 0 Å². The topological polar surface area (TPSA) is 90.1 Å². The molecule has 0 spiro atoms. The second kappa shape index (κ2) is 9.14. The molecule has 0 fully saturated rings. The number of H-pyrrole nitrogens is 1. The standard InChI is InChI=1S/C13H27N5O2S/c1-4-14-8-6-10-18(3)21(19,20)16-9-5-7-13-11-15-17-12(13)2/h11,14,16H,4-10H2,1-3H3,(H,15,17). The number of nitrogens with zero attached hydrogens (tertiary/aromatic N) is 2. The lowest BCUT2D eigenvalue weighted by Gasteiger charge is -2.17. The minimum Gasteiger partial charge on any atom is -0.317 e. The summed E-state index contributed by atoms with van der Waals surface area (Å²) in [6.07, 6.45) is 4.16. The number of aromatic amines is 1. The van der Waals surface area contributed by atoms with Crippen molar-refractivity contribution in [2.24, 2.45) is 0 Å². The Morgan fingerprint density at radius 3 is 2.71 bits per heavy atom. The Hall–Kier alpha value is -0.960. The van der Waals surface area contributed by atoms with Crippen LogP contribution in [-0.2, 0) is 16.6 Å². The first-order chi connectivity index (χ1) is 9.97. The monoisotopic (exact) mass is 317 g/mol. The van der Waals surface area contributed by atoms with E-state index in [1.165, 1.54) is 4.31 Å². The van der Waals surface area contributed by atoms with Gasteiger partial charge >= 0.3 is 0 Å². The van der Waals surface area contributed by atoms with Crippen molar-refractivity contribution in [1.29, 1.82) is 0 Å². The number of hydrogen-bond acceptors (Lipinski definition) is 4. The summed E-state index contributed by atoms with van der Waals surface area (Å²) in [4.78, 5) is 0. The summed E-state index contributed by atoms with van der Waals surface area (Å²) in [6.45, 7) is 6.68. The van der Waals surface area contributed by atoms with E-state index in [1.807, 2.05) is 13.8 Å². The highest BCUT2D eigenvalue weighted by molar-refractivity contribution is 7.87. The molecule has 0 amide bonds. The lowest BCUT2D eigenvalue weighted by atomic mass is 10.1. The fourth-order valence-corrected chi connectivity index (χ4v) is 2.93. The summed E-state index contributed by atoms with van der Waals surface area (Å²) in [5, 5.41) is 10.0.